The van der Waals surface area contributed by atoms with Gasteiger partial charge >= 0.3 is 5.97 Å². The molecule has 174 valence electrons. The number of esters is 1. The van der Waals surface area contributed by atoms with Crippen molar-refractivity contribution in [2.75, 3.05) is 18.1 Å². The molecule has 1 spiro atoms. The second kappa shape index (κ2) is 8.32. The van der Waals surface area contributed by atoms with Crippen molar-refractivity contribution in [3.05, 3.63) is 78.4 Å². The minimum atomic E-state index is -0.754. The zero-order valence-corrected chi connectivity index (χ0v) is 20.0. The number of benzene rings is 3. The number of nitrogens with zero attached hydrogens (tertiary/aromatic N) is 2. The number of aryl methyl sites for hydroxylation is 1. The monoisotopic (exact) mass is 454 g/mol. The zero-order valence-electron chi connectivity index (χ0n) is 20.0. The number of rotatable bonds is 6. The van der Waals surface area contributed by atoms with Crippen molar-refractivity contribution in [3.8, 4) is 5.75 Å². The molecule has 34 heavy (non-hydrogen) atoms. The Bertz CT molecular complexity index is 1310. The molecule has 0 saturated heterocycles. The summed E-state index contributed by atoms with van der Waals surface area (Å²) in [7, 11) is 0. The fourth-order valence-electron chi connectivity index (χ4n) is 5.20. The maximum Gasteiger partial charge on any atom is 0.330 e. The molecule has 5 nitrogen and oxygen atoms in total. The molecule has 1 atom stereocenters. The van der Waals surface area contributed by atoms with Crippen molar-refractivity contribution in [2.24, 2.45) is 4.99 Å². The van der Waals surface area contributed by atoms with E-state index in [4.69, 9.17) is 14.5 Å². The third-order valence-electron chi connectivity index (χ3n) is 7.10. The Morgan fingerprint density at radius 1 is 1.15 bits per heavy atom. The molecule has 5 heteroatoms. The van der Waals surface area contributed by atoms with Crippen molar-refractivity contribution in [1.29, 1.82) is 0 Å². The van der Waals surface area contributed by atoms with E-state index in [1.807, 2.05) is 24.4 Å². The zero-order chi connectivity index (χ0) is 23.9. The molecule has 0 bridgehead atoms. The van der Waals surface area contributed by atoms with Crippen LogP contribution in [0.25, 0.3) is 10.8 Å². The molecule has 2 heterocycles. The molecule has 1 unspecified atom stereocenters. The van der Waals surface area contributed by atoms with Crippen molar-refractivity contribution in [2.45, 2.75) is 44.8 Å². The predicted octanol–water partition coefficient (Wildman–Crippen LogP) is 6.25. The number of anilines is 1. The number of fused-ring (bicyclic) bond motifs is 4. The van der Waals surface area contributed by atoms with Gasteiger partial charge in [0.2, 0.25) is 5.72 Å². The van der Waals surface area contributed by atoms with E-state index in [2.05, 4.69) is 68.6 Å². The number of aliphatic imine (C=N–C) groups is 1. The summed E-state index contributed by atoms with van der Waals surface area (Å²) < 4.78 is 12.1. The number of carbonyl (C=O) groups is 1. The minimum Gasteiger partial charge on any atom is -0.463 e. The first-order valence-corrected chi connectivity index (χ1v) is 11.8. The van der Waals surface area contributed by atoms with E-state index in [0.717, 1.165) is 47.3 Å². The van der Waals surface area contributed by atoms with Gasteiger partial charge in [0, 0.05) is 23.7 Å². The van der Waals surface area contributed by atoms with Crippen LogP contribution in [0.2, 0.25) is 0 Å². The Kier molecular flexibility index (Phi) is 5.43. The first-order valence-electron chi connectivity index (χ1n) is 11.8. The fourth-order valence-corrected chi connectivity index (χ4v) is 5.20. The molecule has 5 rings (SSSR count). The highest BCUT2D eigenvalue weighted by atomic mass is 16.5. The summed E-state index contributed by atoms with van der Waals surface area (Å²) >= 11 is 0. The van der Waals surface area contributed by atoms with Gasteiger partial charge in [0.05, 0.1) is 18.2 Å². The lowest BCUT2D eigenvalue weighted by Gasteiger charge is -2.46. The number of hydrogen-bond donors (Lipinski definition) is 0. The lowest BCUT2D eigenvalue weighted by molar-refractivity contribution is -0.137. The van der Waals surface area contributed by atoms with Crippen LogP contribution in [0.4, 0.5) is 11.4 Å². The molecule has 3 aromatic carbocycles. The second-order valence-electron chi connectivity index (χ2n) is 9.57. The average Bonchev–Trinajstić information content (AvgIpc) is 3.01. The SMILES string of the molecule is C=CC(=O)OCCCCN1c2ccc(C)cc2C(C)(C)C12C=Nc1c(ccc3ccccc13)O2. The van der Waals surface area contributed by atoms with Gasteiger partial charge in [-0.1, -0.05) is 54.6 Å². The molecule has 0 aliphatic carbocycles. The standard InChI is InChI=1S/C29H30N2O3/c1-5-26(32)33-17-9-8-16-31-24-14-12-20(2)18-23(24)28(3,4)29(31)19-30-27-22-11-7-6-10-21(22)13-15-25(27)34-29/h5-7,10-15,18-19H,1,8-9,16-17H2,2-4H3. The Balaban J connectivity index is 1.51. The van der Waals surface area contributed by atoms with Gasteiger partial charge in [-0.15, -0.1) is 0 Å². The second-order valence-corrected chi connectivity index (χ2v) is 9.57. The highest BCUT2D eigenvalue weighted by molar-refractivity contribution is 5.99. The molecular formula is C29H30N2O3. The molecule has 0 fully saturated rings. The molecule has 0 radical (unpaired) electrons. The summed E-state index contributed by atoms with van der Waals surface area (Å²) in [5, 5.41) is 2.24. The quantitative estimate of drug-likeness (QED) is 0.251. The van der Waals surface area contributed by atoms with Gasteiger partial charge in [-0.05, 0) is 56.7 Å². The largest absolute Gasteiger partial charge is 0.463 e. The third-order valence-corrected chi connectivity index (χ3v) is 7.10. The molecule has 0 amide bonds. The number of carbonyl (C=O) groups excluding carboxylic acids is 1. The Labute approximate surface area is 200 Å². The molecule has 0 aromatic heterocycles. The van der Waals surface area contributed by atoms with Crippen molar-refractivity contribution in [3.63, 3.8) is 0 Å². The van der Waals surface area contributed by atoms with E-state index in [0.29, 0.717) is 6.61 Å². The number of hydrogen-bond acceptors (Lipinski definition) is 5. The van der Waals surface area contributed by atoms with E-state index in [1.54, 1.807) is 0 Å². The summed E-state index contributed by atoms with van der Waals surface area (Å²) in [6.45, 7) is 11.2. The third kappa shape index (κ3) is 3.38. The topological polar surface area (TPSA) is 51.1 Å². The maximum absolute atomic E-state index is 11.4. The molecule has 2 aliphatic rings. The summed E-state index contributed by atoms with van der Waals surface area (Å²) in [6, 6.07) is 19.0. The highest BCUT2D eigenvalue weighted by Crippen LogP contribution is 2.55. The van der Waals surface area contributed by atoms with E-state index in [-0.39, 0.29) is 11.4 Å². The van der Waals surface area contributed by atoms with Gasteiger partial charge in [-0.2, -0.15) is 0 Å². The van der Waals surface area contributed by atoms with Crippen LogP contribution in [0.15, 0.2) is 72.2 Å². The highest BCUT2D eigenvalue weighted by Gasteiger charge is 2.59. The van der Waals surface area contributed by atoms with Gasteiger partial charge in [0.15, 0.2) is 0 Å². The van der Waals surface area contributed by atoms with Crippen LogP contribution in [-0.2, 0) is 14.9 Å². The average molecular weight is 455 g/mol. The van der Waals surface area contributed by atoms with Gasteiger partial charge < -0.3 is 14.4 Å². The summed E-state index contributed by atoms with van der Waals surface area (Å²) in [4.78, 5) is 18.7. The van der Waals surface area contributed by atoms with Crippen LogP contribution in [0, 0.1) is 6.92 Å². The normalized spacial score (nSPS) is 19.6. The summed E-state index contributed by atoms with van der Waals surface area (Å²) in [5.41, 5.74) is 3.42. The first kappa shape index (κ1) is 22.2. The van der Waals surface area contributed by atoms with Crippen LogP contribution in [-0.4, -0.2) is 31.1 Å². The van der Waals surface area contributed by atoms with E-state index in [9.17, 15) is 4.79 Å². The number of ether oxygens (including phenoxy) is 2. The van der Waals surface area contributed by atoms with Gasteiger partial charge in [0.25, 0.3) is 0 Å². The first-order chi connectivity index (χ1) is 16.4. The van der Waals surface area contributed by atoms with Crippen LogP contribution in [0.1, 0.15) is 37.8 Å². The fraction of sp³-hybridized carbons (Fsp3) is 0.310. The summed E-state index contributed by atoms with van der Waals surface area (Å²) in [6.07, 6.45) is 4.79. The Morgan fingerprint density at radius 3 is 2.79 bits per heavy atom. The molecule has 2 aliphatic heterocycles. The van der Waals surface area contributed by atoms with Crippen LogP contribution < -0.4 is 9.64 Å². The molecule has 0 saturated carbocycles. The van der Waals surface area contributed by atoms with E-state index >= 15 is 0 Å². The van der Waals surface area contributed by atoms with Gasteiger partial charge in [0.1, 0.15) is 11.4 Å². The predicted molar refractivity (Wildman–Crippen MR) is 137 cm³/mol. The molecule has 0 N–H and O–H groups in total. The lowest BCUT2D eigenvalue weighted by Crippen LogP contribution is -2.62. The lowest BCUT2D eigenvalue weighted by atomic mass is 9.77. The van der Waals surface area contributed by atoms with Crippen LogP contribution in [0.3, 0.4) is 0 Å². The van der Waals surface area contributed by atoms with Gasteiger partial charge in [-0.25, -0.2) is 4.79 Å². The smallest absolute Gasteiger partial charge is 0.330 e. The Hall–Kier alpha value is -3.60. The van der Waals surface area contributed by atoms with E-state index in [1.165, 1.54) is 17.2 Å². The maximum atomic E-state index is 11.4. The molecular weight excluding hydrogens is 424 g/mol. The van der Waals surface area contributed by atoms with Crippen molar-refractivity contribution >= 4 is 34.3 Å². The van der Waals surface area contributed by atoms with Crippen molar-refractivity contribution < 1.29 is 14.3 Å². The summed E-state index contributed by atoms with van der Waals surface area (Å²) in [5.74, 6) is 0.412. The van der Waals surface area contributed by atoms with Crippen LogP contribution >= 0.6 is 0 Å². The minimum absolute atomic E-state index is 0.337. The number of unbranched alkanes of at least 4 members (excludes halogenated alkanes) is 1. The van der Waals surface area contributed by atoms with Gasteiger partial charge in [-0.3, -0.25) is 4.99 Å². The van der Waals surface area contributed by atoms with E-state index < -0.39 is 5.72 Å². The van der Waals surface area contributed by atoms with Crippen molar-refractivity contribution in [1.82, 2.24) is 0 Å². The van der Waals surface area contributed by atoms with Crippen LogP contribution in [0.5, 0.6) is 5.75 Å². The molecule has 3 aromatic rings. The Morgan fingerprint density at radius 2 is 1.97 bits per heavy atom.